The Balaban J connectivity index is 2.75. The molecule has 0 amide bonds. The Morgan fingerprint density at radius 1 is 1.15 bits per heavy atom. The summed E-state index contributed by atoms with van der Waals surface area (Å²) in [5.41, 5.74) is -0.199. The average Bonchev–Trinajstić information content (AvgIpc) is 2.44. The van der Waals surface area contributed by atoms with Crippen LogP contribution in [0.15, 0.2) is 28.3 Å². The van der Waals surface area contributed by atoms with Crippen LogP contribution in [0.4, 0.5) is 0 Å². The van der Waals surface area contributed by atoms with Gasteiger partial charge in [0.05, 0.1) is 14.2 Å². The molecule has 0 saturated heterocycles. The number of rotatable bonds is 4. The smallest absolute Gasteiger partial charge is 0.351 e. The largest absolute Gasteiger partial charge is 0.493 e. The molecule has 7 nitrogen and oxygen atoms in total. The van der Waals surface area contributed by atoms with Gasteiger partial charge in [0, 0.05) is 5.56 Å². The predicted octanol–water partition coefficient (Wildman–Crippen LogP) is 0.785. The number of H-pyrrole nitrogens is 2. The first-order valence-corrected chi connectivity index (χ1v) is 5.68. The van der Waals surface area contributed by atoms with Gasteiger partial charge in [0.1, 0.15) is 5.82 Å². The van der Waals surface area contributed by atoms with Gasteiger partial charge in [0.25, 0.3) is 0 Å². The van der Waals surface area contributed by atoms with Gasteiger partial charge in [0.15, 0.2) is 11.5 Å². The molecule has 2 N–H and O–H groups in total. The molecule has 0 aliphatic rings. The number of benzene rings is 1. The average molecular weight is 275 g/mol. The van der Waals surface area contributed by atoms with Gasteiger partial charge >= 0.3 is 11.4 Å². The molecule has 104 valence electrons. The van der Waals surface area contributed by atoms with E-state index in [1.807, 2.05) is 4.98 Å². The molecule has 1 aromatic heterocycles. The number of hydrogen-bond acceptors (Lipinski definition) is 5. The van der Waals surface area contributed by atoms with E-state index in [4.69, 9.17) is 9.47 Å². The summed E-state index contributed by atoms with van der Waals surface area (Å²) in [6, 6.07) is 3.30. The normalized spacial score (nSPS) is 10.1. The van der Waals surface area contributed by atoms with E-state index in [-0.39, 0.29) is 5.82 Å². The molecule has 2 rings (SSSR count). The van der Waals surface area contributed by atoms with Crippen molar-refractivity contribution in [1.82, 2.24) is 15.0 Å². The molecular formula is C13H13N3O4. The summed E-state index contributed by atoms with van der Waals surface area (Å²) < 4.78 is 10.4. The van der Waals surface area contributed by atoms with Crippen molar-refractivity contribution in [1.29, 1.82) is 0 Å². The second-order valence-electron chi connectivity index (χ2n) is 3.84. The Bertz CT molecular complexity index is 733. The molecule has 0 fully saturated rings. The van der Waals surface area contributed by atoms with Gasteiger partial charge in [0.2, 0.25) is 0 Å². The fourth-order valence-electron chi connectivity index (χ4n) is 1.79. The fraction of sp³-hybridized carbons (Fsp3) is 0.154. The number of hydrogen-bond donors (Lipinski definition) is 2. The van der Waals surface area contributed by atoms with Crippen LogP contribution in [0.1, 0.15) is 5.56 Å². The van der Waals surface area contributed by atoms with E-state index < -0.39 is 11.4 Å². The summed E-state index contributed by atoms with van der Waals surface area (Å²) >= 11 is 0. The fourth-order valence-corrected chi connectivity index (χ4v) is 1.79. The van der Waals surface area contributed by atoms with Crippen LogP contribution < -0.4 is 20.9 Å². The zero-order valence-corrected chi connectivity index (χ0v) is 11.0. The second kappa shape index (κ2) is 5.43. The number of methoxy groups -OCH3 is 2. The molecule has 0 bridgehead atoms. The maximum absolute atomic E-state index is 11.3. The van der Waals surface area contributed by atoms with Crippen LogP contribution in [0.3, 0.4) is 0 Å². The second-order valence-corrected chi connectivity index (χ2v) is 3.84. The minimum Gasteiger partial charge on any atom is -0.493 e. The highest BCUT2D eigenvalue weighted by molar-refractivity contribution is 5.74. The van der Waals surface area contributed by atoms with Gasteiger partial charge in [-0.2, -0.15) is 4.98 Å². The van der Waals surface area contributed by atoms with Crippen molar-refractivity contribution in [3.63, 3.8) is 0 Å². The SMILES string of the molecule is C=Cc1cc(OC)c(OC)cc1-c1nc(=O)[nH]c(=O)[nH]1. The molecule has 0 aliphatic carbocycles. The monoisotopic (exact) mass is 275 g/mol. The third kappa shape index (κ3) is 2.46. The molecule has 0 saturated carbocycles. The lowest BCUT2D eigenvalue weighted by Gasteiger charge is -2.12. The molecule has 0 radical (unpaired) electrons. The van der Waals surface area contributed by atoms with Crippen LogP contribution in [-0.4, -0.2) is 29.2 Å². The van der Waals surface area contributed by atoms with Crippen LogP contribution in [0, 0.1) is 0 Å². The van der Waals surface area contributed by atoms with Crippen molar-refractivity contribution in [3.8, 4) is 22.9 Å². The minimum absolute atomic E-state index is 0.134. The van der Waals surface area contributed by atoms with Crippen molar-refractivity contribution in [2.45, 2.75) is 0 Å². The van der Waals surface area contributed by atoms with Crippen LogP contribution in [-0.2, 0) is 0 Å². The molecule has 0 aliphatic heterocycles. The van der Waals surface area contributed by atoms with Gasteiger partial charge in [-0.25, -0.2) is 9.59 Å². The summed E-state index contributed by atoms with van der Waals surface area (Å²) in [5, 5.41) is 0. The number of ether oxygens (including phenoxy) is 2. The summed E-state index contributed by atoms with van der Waals surface area (Å²) in [5.74, 6) is 1.10. The Morgan fingerprint density at radius 3 is 2.35 bits per heavy atom. The first-order valence-electron chi connectivity index (χ1n) is 5.68. The third-order valence-electron chi connectivity index (χ3n) is 2.70. The Morgan fingerprint density at radius 2 is 1.80 bits per heavy atom. The molecule has 0 spiro atoms. The van der Waals surface area contributed by atoms with Crippen molar-refractivity contribution < 1.29 is 9.47 Å². The van der Waals surface area contributed by atoms with E-state index in [1.54, 1.807) is 18.2 Å². The first kappa shape index (κ1) is 13.6. The van der Waals surface area contributed by atoms with Crippen molar-refractivity contribution in [3.05, 3.63) is 45.2 Å². The summed E-state index contributed by atoms with van der Waals surface area (Å²) in [6.07, 6.45) is 1.57. The number of nitrogens with zero attached hydrogens (tertiary/aromatic N) is 1. The van der Waals surface area contributed by atoms with Gasteiger partial charge in [-0.1, -0.05) is 12.7 Å². The topological polar surface area (TPSA) is 97.1 Å². The molecular weight excluding hydrogens is 262 g/mol. The third-order valence-corrected chi connectivity index (χ3v) is 2.70. The van der Waals surface area contributed by atoms with E-state index >= 15 is 0 Å². The summed E-state index contributed by atoms with van der Waals surface area (Å²) in [7, 11) is 3.00. The standard InChI is InChI=1S/C13H13N3O4/c1-4-7-5-9(19-2)10(20-3)6-8(7)11-14-12(17)16-13(18)15-11/h4-6H,1H2,2-3H3,(H2,14,15,16,17,18). The predicted molar refractivity (Wildman–Crippen MR) is 74.1 cm³/mol. The highest BCUT2D eigenvalue weighted by Crippen LogP contribution is 2.34. The molecule has 1 heterocycles. The number of aromatic nitrogens is 3. The lowest BCUT2D eigenvalue weighted by Crippen LogP contribution is -2.25. The van der Waals surface area contributed by atoms with Crippen LogP contribution in [0.5, 0.6) is 11.5 Å². The van der Waals surface area contributed by atoms with Crippen LogP contribution in [0.2, 0.25) is 0 Å². The molecule has 0 unspecified atom stereocenters. The van der Waals surface area contributed by atoms with Gasteiger partial charge < -0.3 is 9.47 Å². The maximum atomic E-state index is 11.3. The summed E-state index contributed by atoms with van der Waals surface area (Å²) in [4.78, 5) is 30.8. The first-order chi connectivity index (χ1) is 9.58. The highest BCUT2D eigenvalue weighted by Gasteiger charge is 2.13. The molecule has 2 aromatic rings. The van der Waals surface area contributed by atoms with Crippen LogP contribution >= 0.6 is 0 Å². The van der Waals surface area contributed by atoms with Gasteiger partial charge in [-0.05, 0) is 17.7 Å². The highest BCUT2D eigenvalue weighted by atomic mass is 16.5. The maximum Gasteiger partial charge on any atom is 0.351 e. The van der Waals surface area contributed by atoms with Crippen LogP contribution in [0.25, 0.3) is 17.5 Å². The quantitative estimate of drug-likeness (QED) is 0.859. The van der Waals surface area contributed by atoms with E-state index in [9.17, 15) is 9.59 Å². The number of nitrogens with one attached hydrogen (secondary N) is 2. The summed E-state index contributed by atoms with van der Waals surface area (Å²) in [6.45, 7) is 3.69. The van der Waals surface area contributed by atoms with E-state index in [2.05, 4.69) is 16.5 Å². The van der Waals surface area contributed by atoms with E-state index in [0.29, 0.717) is 22.6 Å². The Kier molecular flexibility index (Phi) is 3.69. The molecule has 1 aromatic carbocycles. The van der Waals surface area contributed by atoms with Gasteiger partial charge in [-0.15, -0.1) is 0 Å². The Hall–Kier alpha value is -2.83. The zero-order valence-electron chi connectivity index (χ0n) is 11.0. The molecule has 7 heteroatoms. The van der Waals surface area contributed by atoms with Crippen molar-refractivity contribution in [2.24, 2.45) is 0 Å². The van der Waals surface area contributed by atoms with E-state index in [1.165, 1.54) is 14.2 Å². The van der Waals surface area contributed by atoms with Crippen molar-refractivity contribution >= 4 is 6.08 Å². The molecule has 20 heavy (non-hydrogen) atoms. The molecule has 0 atom stereocenters. The lowest BCUT2D eigenvalue weighted by atomic mass is 10.1. The number of aromatic amines is 2. The Labute approximate surface area is 113 Å². The lowest BCUT2D eigenvalue weighted by molar-refractivity contribution is 0.355. The minimum atomic E-state index is -0.728. The van der Waals surface area contributed by atoms with Crippen molar-refractivity contribution in [2.75, 3.05) is 14.2 Å². The zero-order chi connectivity index (χ0) is 14.7. The van der Waals surface area contributed by atoms with E-state index in [0.717, 1.165) is 0 Å². The van der Waals surface area contributed by atoms with Gasteiger partial charge in [-0.3, -0.25) is 9.97 Å².